The Labute approximate surface area is 121 Å². The standard InChI is InChI=1S/C14H16N4O3/c19-13(20)12(10-4-2-1-3-5-10)18-14(21)16-7-6-11-8-15-9-17-11/h1-5,8-9,12H,6-7H2,(H,15,17)(H,19,20)(H2,16,18,21)/t12-/m1/s1. The molecule has 0 aliphatic heterocycles. The number of hydrogen-bond donors (Lipinski definition) is 4. The zero-order valence-corrected chi connectivity index (χ0v) is 11.2. The highest BCUT2D eigenvalue weighted by atomic mass is 16.4. The highest BCUT2D eigenvalue weighted by molar-refractivity contribution is 5.83. The maximum absolute atomic E-state index is 11.7. The SMILES string of the molecule is O=C(NCCc1cnc[nH]1)N[C@@H](C(=O)O)c1ccccc1. The van der Waals surface area contributed by atoms with E-state index in [9.17, 15) is 14.7 Å². The Morgan fingerprint density at radius 2 is 2.05 bits per heavy atom. The van der Waals surface area contributed by atoms with E-state index in [2.05, 4.69) is 20.6 Å². The number of urea groups is 1. The predicted octanol–water partition coefficient (Wildman–Crippen LogP) is 1.08. The van der Waals surface area contributed by atoms with Gasteiger partial charge in [-0.05, 0) is 5.56 Å². The van der Waals surface area contributed by atoms with Crippen molar-refractivity contribution in [2.45, 2.75) is 12.5 Å². The van der Waals surface area contributed by atoms with Gasteiger partial charge in [0.1, 0.15) is 0 Å². The molecule has 0 aliphatic rings. The second kappa shape index (κ2) is 7.09. The fraction of sp³-hybridized carbons (Fsp3) is 0.214. The molecule has 0 saturated carbocycles. The predicted molar refractivity (Wildman–Crippen MR) is 75.6 cm³/mol. The van der Waals surface area contributed by atoms with Gasteiger partial charge >= 0.3 is 12.0 Å². The molecule has 0 aliphatic carbocycles. The Kier molecular flexibility index (Phi) is 4.92. The zero-order valence-electron chi connectivity index (χ0n) is 11.2. The molecule has 21 heavy (non-hydrogen) atoms. The number of nitrogens with one attached hydrogen (secondary N) is 3. The number of H-pyrrole nitrogens is 1. The molecule has 110 valence electrons. The molecule has 1 aromatic heterocycles. The van der Waals surface area contributed by atoms with E-state index in [1.54, 1.807) is 42.9 Å². The van der Waals surface area contributed by atoms with Gasteiger partial charge < -0.3 is 20.7 Å². The van der Waals surface area contributed by atoms with Gasteiger partial charge in [-0.1, -0.05) is 30.3 Å². The van der Waals surface area contributed by atoms with Crippen LogP contribution in [0.4, 0.5) is 4.79 Å². The fourth-order valence-corrected chi connectivity index (χ4v) is 1.85. The molecule has 0 unspecified atom stereocenters. The first-order valence-electron chi connectivity index (χ1n) is 6.46. The molecule has 1 aromatic carbocycles. The number of carboxylic acids is 1. The molecule has 2 amide bonds. The highest BCUT2D eigenvalue weighted by Crippen LogP contribution is 2.12. The minimum atomic E-state index is -1.11. The lowest BCUT2D eigenvalue weighted by Crippen LogP contribution is -2.41. The summed E-state index contributed by atoms with van der Waals surface area (Å²) in [6.07, 6.45) is 3.82. The lowest BCUT2D eigenvalue weighted by molar-refractivity contribution is -0.139. The molecule has 7 heteroatoms. The van der Waals surface area contributed by atoms with Gasteiger partial charge in [0.05, 0.1) is 6.33 Å². The average molecular weight is 288 g/mol. The summed E-state index contributed by atoms with van der Waals surface area (Å²) in [5.74, 6) is -1.11. The molecule has 0 saturated heterocycles. The van der Waals surface area contributed by atoms with Crippen LogP contribution in [0.25, 0.3) is 0 Å². The third-order valence-electron chi connectivity index (χ3n) is 2.89. The van der Waals surface area contributed by atoms with Crippen LogP contribution in [0.15, 0.2) is 42.9 Å². The second-order valence-corrected chi connectivity index (χ2v) is 4.41. The zero-order chi connectivity index (χ0) is 15.1. The summed E-state index contributed by atoms with van der Waals surface area (Å²) in [5, 5.41) is 14.2. The summed E-state index contributed by atoms with van der Waals surface area (Å²) in [6, 6.07) is 6.95. The van der Waals surface area contributed by atoms with Gasteiger partial charge in [-0.15, -0.1) is 0 Å². The molecule has 0 spiro atoms. The summed E-state index contributed by atoms with van der Waals surface area (Å²) in [6.45, 7) is 0.384. The first kappa shape index (κ1) is 14.6. The summed E-state index contributed by atoms with van der Waals surface area (Å²) in [7, 11) is 0. The van der Waals surface area contributed by atoms with Crippen LogP contribution < -0.4 is 10.6 Å². The number of hydrogen-bond acceptors (Lipinski definition) is 3. The van der Waals surface area contributed by atoms with E-state index in [4.69, 9.17) is 0 Å². The number of carbonyl (C=O) groups excluding carboxylic acids is 1. The van der Waals surface area contributed by atoms with Gasteiger partial charge in [0.25, 0.3) is 0 Å². The van der Waals surface area contributed by atoms with E-state index in [0.29, 0.717) is 18.5 Å². The van der Waals surface area contributed by atoms with E-state index >= 15 is 0 Å². The maximum Gasteiger partial charge on any atom is 0.330 e. The smallest absolute Gasteiger partial charge is 0.330 e. The number of carbonyl (C=O) groups is 2. The molecule has 2 rings (SSSR count). The van der Waals surface area contributed by atoms with E-state index < -0.39 is 18.0 Å². The lowest BCUT2D eigenvalue weighted by atomic mass is 10.1. The van der Waals surface area contributed by atoms with Gasteiger partial charge in [0, 0.05) is 24.9 Å². The topological polar surface area (TPSA) is 107 Å². The Bertz CT molecular complexity index is 584. The number of carboxylic acid groups (broad SMARTS) is 1. The highest BCUT2D eigenvalue weighted by Gasteiger charge is 2.21. The molecule has 0 fully saturated rings. The van der Waals surface area contributed by atoms with Gasteiger partial charge in [-0.3, -0.25) is 0 Å². The third kappa shape index (κ3) is 4.34. The van der Waals surface area contributed by atoms with Gasteiger partial charge in [-0.25, -0.2) is 14.6 Å². The molecule has 1 atom stereocenters. The van der Waals surface area contributed by atoms with E-state index in [1.165, 1.54) is 0 Å². The molecule has 0 bridgehead atoms. The number of benzene rings is 1. The number of aromatic nitrogens is 2. The Balaban J connectivity index is 1.85. The van der Waals surface area contributed by atoms with E-state index in [1.807, 2.05) is 0 Å². The molecule has 1 heterocycles. The normalized spacial score (nSPS) is 11.6. The molecule has 4 N–H and O–H groups in total. The van der Waals surface area contributed by atoms with Crippen molar-refractivity contribution >= 4 is 12.0 Å². The minimum Gasteiger partial charge on any atom is -0.479 e. The summed E-state index contributed by atoms with van der Waals surface area (Å²) < 4.78 is 0. The number of rotatable bonds is 6. The van der Waals surface area contributed by atoms with Crippen LogP contribution in [-0.4, -0.2) is 33.6 Å². The van der Waals surface area contributed by atoms with E-state index in [0.717, 1.165) is 5.69 Å². The fourth-order valence-electron chi connectivity index (χ4n) is 1.85. The minimum absolute atomic E-state index is 0.384. The van der Waals surface area contributed by atoms with Crippen LogP contribution in [0, 0.1) is 0 Å². The number of nitrogens with zero attached hydrogens (tertiary/aromatic N) is 1. The van der Waals surface area contributed by atoms with Crippen molar-refractivity contribution in [1.29, 1.82) is 0 Å². The molecule has 7 nitrogen and oxygen atoms in total. The first-order chi connectivity index (χ1) is 10.2. The maximum atomic E-state index is 11.7. The summed E-state index contributed by atoms with van der Waals surface area (Å²) in [5.41, 5.74) is 1.42. The number of amides is 2. The van der Waals surface area contributed by atoms with Crippen molar-refractivity contribution in [3.8, 4) is 0 Å². The monoisotopic (exact) mass is 288 g/mol. The largest absolute Gasteiger partial charge is 0.479 e. The lowest BCUT2D eigenvalue weighted by Gasteiger charge is -2.15. The molecular weight excluding hydrogens is 272 g/mol. The van der Waals surface area contributed by atoms with Crippen molar-refractivity contribution in [2.24, 2.45) is 0 Å². The summed E-state index contributed by atoms with van der Waals surface area (Å²) in [4.78, 5) is 29.8. The van der Waals surface area contributed by atoms with Crippen molar-refractivity contribution in [2.75, 3.05) is 6.54 Å². The number of aromatic amines is 1. The quantitative estimate of drug-likeness (QED) is 0.638. The number of aliphatic carboxylic acids is 1. The Morgan fingerprint density at radius 3 is 2.67 bits per heavy atom. The van der Waals surface area contributed by atoms with Crippen molar-refractivity contribution in [3.63, 3.8) is 0 Å². The van der Waals surface area contributed by atoms with Crippen molar-refractivity contribution in [1.82, 2.24) is 20.6 Å². The van der Waals surface area contributed by atoms with Crippen molar-refractivity contribution in [3.05, 3.63) is 54.1 Å². The second-order valence-electron chi connectivity index (χ2n) is 4.41. The van der Waals surface area contributed by atoms with Crippen molar-refractivity contribution < 1.29 is 14.7 Å². The van der Waals surface area contributed by atoms with Crippen LogP contribution in [0.3, 0.4) is 0 Å². The van der Waals surface area contributed by atoms with Crippen LogP contribution in [-0.2, 0) is 11.2 Å². The molecule has 2 aromatic rings. The van der Waals surface area contributed by atoms with Crippen LogP contribution in [0.5, 0.6) is 0 Å². The van der Waals surface area contributed by atoms with Gasteiger partial charge in [0.2, 0.25) is 0 Å². The van der Waals surface area contributed by atoms with Crippen LogP contribution in [0.2, 0.25) is 0 Å². The Hall–Kier alpha value is -2.83. The average Bonchev–Trinajstić information content (AvgIpc) is 2.98. The molecule has 0 radical (unpaired) electrons. The summed E-state index contributed by atoms with van der Waals surface area (Å²) >= 11 is 0. The van der Waals surface area contributed by atoms with Crippen LogP contribution >= 0.6 is 0 Å². The Morgan fingerprint density at radius 1 is 1.29 bits per heavy atom. The first-order valence-corrected chi connectivity index (χ1v) is 6.46. The van der Waals surface area contributed by atoms with Gasteiger partial charge in [0.15, 0.2) is 6.04 Å². The molecular formula is C14H16N4O3. The van der Waals surface area contributed by atoms with Gasteiger partial charge in [-0.2, -0.15) is 0 Å². The number of imidazole rings is 1. The van der Waals surface area contributed by atoms with Crippen LogP contribution in [0.1, 0.15) is 17.3 Å². The van der Waals surface area contributed by atoms with E-state index in [-0.39, 0.29) is 0 Å². The third-order valence-corrected chi connectivity index (χ3v) is 2.89.